The Hall–Kier alpha value is -4.41. The lowest BCUT2D eigenvalue weighted by Crippen LogP contribution is -1.93. The zero-order valence-corrected chi connectivity index (χ0v) is 25.4. The molecule has 0 atom stereocenters. The standard InChI is InChI=1S/C40H22S3/c1-3-12-33-27(7-1)31-11-5-10-30-25(19-20-36(41-33)40(30)31)23-15-17-28-29-18-16-24(22-38(29)43-37(28)21-23)26-9-6-14-35-39(26)32-8-2-4-13-34(32)42-35/h1-22H. The maximum Gasteiger partial charge on any atom is 0.0361 e. The van der Waals surface area contributed by atoms with E-state index in [1.54, 1.807) is 0 Å². The van der Waals surface area contributed by atoms with Gasteiger partial charge in [0.2, 0.25) is 0 Å². The average Bonchev–Trinajstić information content (AvgIpc) is 3.62. The maximum atomic E-state index is 2.40. The summed E-state index contributed by atoms with van der Waals surface area (Å²) in [7, 11) is 0. The summed E-state index contributed by atoms with van der Waals surface area (Å²) in [6.45, 7) is 0. The van der Waals surface area contributed by atoms with Crippen molar-refractivity contribution in [3.63, 3.8) is 0 Å². The Bertz CT molecular complexity index is 2600. The summed E-state index contributed by atoms with van der Waals surface area (Å²) in [5.41, 5.74) is 7.86. The first-order valence-corrected chi connectivity index (χ1v) is 17.0. The van der Waals surface area contributed by atoms with Crippen molar-refractivity contribution in [3.8, 4) is 33.4 Å². The van der Waals surface area contributed by atoms with E-state index in [1.807, 2.05) is 34.4 Å². The van der Waals surface area contributed by atoms with Crippen LogP contribution in [-0.4, -0.2) is 0 Å². The maximum absolute atomic E-state index is 2.40. The molecule has 0 amide bonds. The van der Waals surface area contributed by atoms with Crippen LogP contribution in [0.1, 0.15) is 0 Å². The second-order valence-electron chi connectivity index (χ2n) is 11.2. The molecule has 0 spiro atoms. The minimum Gasteiger partial charge on any atom is -0.135 e. The van der Waals surface area contributed by atoms with Gasteiger partial charge >= 0.3 is 0 Å². The Morgan fingerprint density at radius 3 is 1.86 bits per heavy atom. The monoisotopic (exact) mass is 598 g/mol. The normalized spacial score (nSPS) is 12.6. The van der Waals surface area contributed by atoms with Gasteiger partial charge < -0.3 is 0 Å². The lowest BCUT2D eigenvalue weighted by molar-refractivity contribution is 1.40. The molecule has 7 aromatic carbocycles. The van der Waals surface area contributed by atoms with E-state index in [9.17, 15) is 0 Å². The molecule has 3 heteroatoms. The first-order chi connectivity index (χ1) is 21.3. The minimum absolute atomic E-state index is 1.28. The molecule has 0 fully saturated rings. The molecule has 0 aliphatic carbocycles. The van der Waals surface area contributed by atoms with Crippen molar-refractivity contribution in [2.75, 3.05) is 0 Å². The summed E-state index contributed by atoms with van der Waals surface area (Å²) in [6, 6.07) is 49.8. The summed E-state index contributed by atoms with van der Waals surface area (Å²) < 4.78 is 5.37. The quantitative estimate of drug-likeness (QED) is 0.191. The molecule has 1 aliphatic heterocycles. The van der Waals surface area contributed by atoms with Crippen molar-refractivity contribution in [1.82, 2.24) is 0 Å². The third kappa shape index (κ3) is 3.50. The Balaban J connectivity index is 1.13. The molecule has 3 heterocycles. The third-order valence-corrected chi connectivity index (χ3v) is 12.3. The van der Waals surface area contributed by atoms with E-state index in [2.05, 4.69) is 133 Å². The molecule has 0 saturated carbocycles. The predicted molar refractivity (Wildman–Crippen MR) is 190 cm³/mol. The van der Waals surface area contributed by atoms with Gasteiger partial charge in [0.15, 0.2) is 0 Å². The highest BCUT2D eigenvalue weighted by Gasteiger charge is 2.21. The van der Waals surface area contributed by atoms with Gasteiger partial charge in [-0.25, -0.2) is 0 Å². The van der Waals surface area contributed by atoms with Crippen molar-refractivity contribution in [1.29, 1.82) is 0 Å². The van der Waals surface area contributed by atoms with Gasteiger partial charge in [0.25, 0.3) is 0 Å². The smallest absolute Gasteiger partial charge is 0.0361 e. The fraction of sp³-hybridized carbons (Fsp3) is 0. The average molecular weight is 599 g/mol. The first kappa shape index (κ1) is 24.1. The van der Waals surface area contributed by atoms with Crippen LogP contribution in [-0.2, 0) is 0 Å². The lowest BCUT2D eigenvalue weighted by atomic mass is 9.92. The molecular weight excluding hydrogens is 577 g/mol. The van der Waals surface area contributed by atoms with Crippen LogP contribution in [0.25, 0.3) is 84.5 Å². The van der Waals surface area contributed by atoms with Crippen LogP contribution in [0, 0.1) is 0 Å². The van der Waals surface area contributed by atoms with Crippen molar-refractivity contribution in [2.45, 2.75) is 9.79 Å². The third-order valence-electron chi connectivity index (χ3n) is 8.90. The number of hydrogen-bond donors (Lipinski definition) is 0. The molecule has 0 N–H and O–H groups in total. The van der Waals surface area contributed by atoms with Crippen LogP contribution in [0.4, 0.5) is 0 Å². The van der Waals surface area contributed by atoms with E-state index in [1.165, 1.54) is 94.3 Å². The van der Waals surface area contributed by atoms with Crippen molar-refractivity contribution in [2.24, 2.45) is 0 Å². The van der Waals surface area contributed by atoms with Gasteiger partial charge in [-0.2, -0.15) is 0 Å². The van der Waals surface area contributed by atoms with E-state index in [4.69, 9.17) is 0 Å². The number of thiophene rings is 2. The highest BCUT2D eigenvalue weighted by atomic mass is 32.2. The number of hydrogen-bond acceptors (Lipinski definition) is 3. The molecule has 9 aromatic rings. The number of fused-ring (bicyclic) bond motifs is 8. The zero-order chi connectivity index (χ0) is 28.1. The van der Waals surface area contributed by atoms with Gasteiger partial charge in [0, 0.05) is 55.5 Å². The lowest BCUT2D eigenvalue weighted by Gasteiger charge is -2.21. The molecule has 1 aliphatic rings. The van der Waals surface area contributed by atoms with Crippen LogP contribution in [0.15, 0.2) is 143 Å². The van der Waals surface area contributed by atoms with Crippen LogP contribution in [0.3, 0.4) is 0 Å². The van der Waals surface area contributed by atoms with Gasteiger partial charge in [0.05, 0.1) is 0 Å². The summed E-state index contributed by atoms with van der Waals surface area (Å²) >= 11 is 5.68. The molecule has 200 valence electrons. The van der Waals surface area contributed by atoms with Crippen LogP contribution in [0.5, 0.6) is 0 Å². The van der Waals surface area contributed by atoms with E-state index < -0.39 is 0 Å². The first-order valence-electron chi connectivity index (χ1n) is 14.5. The van der Waals surface area contributed by atoms with Gasteiger partial charge in [-0.15, -0.1) is 22.7 Å². The van der Waals surface area contributed by atoms with E-state index >= 15 is 0 Å². The Morgan fingerprint density at radius 1 is 0.326 bits per heavy atom. The predicted octanol–water partition coefficient (Wildman–Crippen LogP) is 13.0. The van der Waals surface area contributed by atoms with Gasteiger partial charge in [0.1, 0.15) is 0 Å². The largest absolute Gasteiger partial charge is 0.135 e. The summed E-state index contributed by atoms with van der Waals surface area (Å²) in [6.07, 6.45) is 0. The van der Waals surface area contributed by atoms with Gasteiger partial charge in [-0.05, 0) is 75.2 Å². The minimum atomic E-state index is 1.28. The van der Waals surface area contributed by atoms with Crippen molar-refractivity contribution < 1.29 is 0 Å². The van der Waals surface area contributed by atoms with Crippen molar-refractivity contribution in [3.05, 3.63) is 133 Å². The van der Waals surface area contributed by atoms with Gasteiger partial charge in [-0.3, -0.25) is 0 Å². The molecule has 43 heavy (non-hydrogen) atoms. The van der Waals surface area contributed by atoms with E-state index in [0.717, 1.165) is 0 Å². The summed E-state index contributed by atoms with van der Waals surface area (Å²) in [5, 5.41) is 8.09. The van der Waals surface area contributed by atoms with Crippen LogP contribution in [0.2, 0.25) is 0 Å². The number of rotatable bonds is 2. The summed E-state index contributed by atoms with van der Waals surface area (Å²) in [5.74, 6) is 0. The van der Waals surface area contributed by atoms with E-state index in [-0.39, 0.29) is 0 Å². The topological polar surface area (TPSA) is 0 Å². The SMILES string of the molecule is c1ccc2c(c1)Sc1ccc(-c3ccc4c(c3)sc3cc(-c5cccc6sc7ccccc7c56)ccc34)c3cccc-2c13. The van der Waals surface area contributed by atoms with Gasteiger partial charge in [-0.1, -0.05) is 109 Å². The van der Waals surface area contributed by atoms with Crippen LogP contribution < -0.4 is 0 Å². The Kier molecular flexibility index (Phi) is 5.06. The molecule has 0 radical (unpaired) electrons. The molecular formula is C40H22S3. The molecule has 0 bridgehead atoms. The fourth-order valence-electron chi connectivity index (χ4n) is 6.96. The van der Waals surface area contributed by atoms with Crippen LogP contribution >= 0.6 is 34.4 Å². The Labute approximate surface area is 260 Å². The second kappa shape index (κ2) is 9.05. The second-order valence-corrected chi connectivity index (χ2v) is 14.5. The molecule has 10 rings (SSSR count). The Morgan fingerprint density at radius 2 is 0.977 bits per heavy atom. The fourth-order valence-corrected chi connectivity index (χ4v) is 10.4. The zero-order valence-electron chi connectivity index (χ0n) is 22.9. The highest BCUT2D eigenvalue weighted by molar-refractivity contribution is 7.99. The highest BCUT2D eigenvalue weighted by Crippen LogP contribution is 2.50. The molecule has 0 nitrogen and oxygen atoms in total. The summed E-state index contributed by atoms with van der Waals surface area (Å²) in [4.78, 5) is 2.68. The van der Waals surface area contributed by atoms with E-state index in [0.29, 0.717) is 0 Å². The molecule has 0 unspecified atom stereocenters. The van der Waals surface area contributed by atoms with Crippen molar-refractivity contribution >= 4 is 85.6 Å². The molecule has 2 aromatic heterocycles. The number of benzene rings is 7. The molecule has 0 saturated heterocycles.